The van der Waals surface area contributed by atoms with Crippen LogP contribution in [0.4, 0.5) is 11.4 Å². The van der Waals surface area contributed by atoms with E-state index in [4.69, 9.17) is 34.8 Å². The summed E-state index contributed by atoms with van der Waals surface area (Å²) in [5, 5.41) is 15.2. The van der Waals surface area contributed by atoms with Crippen molar-refractivity contribution in [3.8, 4) is 0 Å². The third kappa shape index (κ3) is 6.36. The first-order valence-corrected chi connectivity index (χ1v) is 11.7. The zero-order valence-corrected chi connectivity index (χ0v) is 20.6. The van der Waals surface area contributed by atoms with Crippen molar-refractivity contribution < 1.29 is 9.59 Å². The molecule has 0 aliphatic carbocycles. The van der Waals surface area contributed by atoms with Gasteiger partial charge in [-0.1, -0.05) is 52.6 Å². The van der Waals surface area contributed by atoms with Crippen LogP contribution in [0.15, 0.2) is 46.0 Å². The molecule has 0 unspecified atom stereocenters. The van der Waals surface area contributed by atoms with Crippen LogP contribution in [0.25, 0.3) is 0 Å². The van der Waals surface area contributed by atoms with E-state index in [2.05, 4.69) is 36.8 Å². The molecule has 2 aromatic carbocycles. The van der Waals surface area contributed by atoms with E-state index in [1.807, 2.05) is 0 Å². The minimum absolute atomic E-state index is 0.0174. The Morgan fingerprint density at radius 1 is 1.06 bits per heavy atom. The van der Waals surface area contributed by atoms with Crippen molar-refractivity contribution in [2.75, 3.05) is 16.4 Å². The molecule has 2 amide bonds. The molecule has 3 aromatic rings. The molecule has 0 atom stereocenters. The molecular weight excluding hydrogens is 549 g/mol. The van der Waals surface area contributed by atoms with Gasteiger partial charge in [0.25, 0.3) is 0 Å². The van der Waals surface area contributed by atoms with Gasteiger partial charge in [-0.25, -0.2) is 0 Å². The van der Waals surface area contributed by atoms with Gasteiger partial charge in [-0.15, -0.1) is 10.2 Å². The molecule has 0 fully saturated rings. The lowest BCUT2D eigenvalue weighted by molar-refractivity contribution is -0.116. The number of carbonyl (C=O) groups is 2. The predicted octanol–water partition coefficient (Wildman–Crippen LogP) is 5.45. The van der Waals surface area contributed by atoms with E-state index in [1.165, 1.54) is 11.8 Å². The van der Waals surface area contributed by atoms with Crippen molar-refractivity contribution in [2.45, 2.75) is 11.6 Å². The number of thioether (sulfide) groups is 1. The summed E-state index contributed by atoms with van der Waals surface area (Å²) in [6.07, 6.45) is -0.0174. The Morgan fingerprint density at radius 3 is 2.58 bits per heavy atom. The van der Waals surface area contributed by atoms with Crippen molar-refractivity contribution in [1.82, 2.24) is 14.8 Å². The molecule has 0 aliphatic heterocycles. The maximum absolute atomic E-state index is 12.3. The molecule has 0 saturated heterocycles. The molecule has 31 heavy (non-hydrogen) atoms. The highest BCUT2D eigenvalue weighted by Gasteiger charge is 2.16. The Balaban J connectivity index is 1.55. The molecule has 0 bridgehead atoms. The Morgan fingerprint density at radius 2 is 1.84 bits per heavy atom. The van der Waals surface area contributed by atoms with Gasteiger partial charge < -0.3 is 15.2 Å². The van der Waals surface area contributed by atoms with Gasteiger partial charge in [0.05, 0.1) is 32.9 Å². The van der Waals surface area contributed by atoms with Crippen LogP contribution in [0.3, 0.4) is 0 Å². The van der Waals surface area contributed by atoms with Gasteiger partial charge >= 0.3 is 0 Å². The smallest absolute Gasteiger partial charge is 0.234 e. The molecular formula is C19H15BrCl3N5O2S. The van der Waals surface area contributed by atoms with Gasteiger partial charge in [0.1, 0.15) is 5.82 Å². The highest BCUT2D eigenvalue weighted by Crippen LogP contribution is 2.29. The summed E-state index contributed by atoms with van der Waals surface area (Å²) in [5.74, 6) is 0.0184. The highest BCUT2D eigenvalue weighted by atomic mass is 79.9. The van der Waals surface area contributed by atoms with Crippen molar-refractivity contribution in [2.24, 2.45) is 7.05 Å². The molecule has 2 N–H and O–H groups in total. The summed E-state index contributed by atoms with van der Waals surface area (Å²) < 4.78 is 2.41. The van der Waals surface area contributed by atoms with E-state index in [-0.39, 0.29) is 29.0 Å². The fourth-order valence-corrected chi connectivity index (χ4v) is 3.97. The van der Waals surface area contributed by atoms with Crippen LogP contribution < -0.4 is 10.6 Å². The average molecular weight is 564 g/mol. The second kappa shape index (κ2) is 10.7. The number of halogens is 4. The zero-order valence-electron chi connectivity index (χ0n) is 16.0. The standard InChI is InChI=1S/C19H15BrCl3N5O2S/c1-28-15(8-16(29)25-14-4-2-3-12(21)18(14)23)26-27-19(28)31-9-17(30)24-10-5-6-11(20)13(22)7-10/h2-7H,8-9H2,1H3,(H,24,30)(H,25,29). The van der Waals surface area contributed by atoms with E-state index in [0.717, 1.165) is 4.47 Å². The largest absolute Gasteiger partial charge is 0.325 e. The fraction of sp³-hybridized carbons (Fsp3) is 0.158. The Bertz CT molecular complexity index is 1140. The first kappa shape index (κ1) is 23.9. The number of aromatic nitrogens is 3. The normalized spacial score (nSPS) is 10.7. The van der Waals surface area contributed by atoms with Crippen molar-refractivity contribution in [3.63, 3.8) is 0 Å². The molecule has 162 valence electrons. The van der Waals surface area contributed by atoms with Gasteiger partial charge in [-0.2, -0.15) is 0 Å². The van der Waals surface area contributed by atoms with Gasteiger partial charge in [-0.05, 0) is 46.3 Å². The maximum Gasteiger partial charge on any atom is 0.234 e. The predicted molar refractivity (Wildman–Crippen MR) is 128 cm³/mol. The molecule has 7 nitrogen and oxygen atoms in total. The Kier molecular flexibility index (Phi) is 8.23. The second-order valence-electron chi connectivity index (χ2n) is 6.25. The van der Waals surface area contributed by atoms with Crippen LogP contribution in [-0.2, 0) is 23.1 Å². The van der Waals surface area contributed by atoms with Crippen LogP contribution in [-0.4, -0.2) is 32.3 Å². The Hall–Kier alpha value is -1.78. The minimum Gasteiger partial charge on any atom is -0.325 e. The number of carbonyl (C=O) groups excluding carboxylic acids is 2. The quantitative estimate of drug-likeness (QED) is 0.373. The van der Waals surface area contributed by atoms with Crippen molar-refractivity contribution >= 4 is 85.7 Å². The monoisotopic (exact) mass is 561 g/mol. The lowest BCUT2D eigenvalue weighted by Gasteiger charge is -2.08. The zero-order chi connectivity index (χ0) is 22.5. The first-order chi connectivity index (χ1) is 14.7. The average Bonchev–Trinajstić information content (AvgIpc) is 3.06. The summed E-state index contributed by atoms with van der Waals surface area (Å²) in [7, 11) is 1.73. The summed E-state index contributed by atoms with van der Waals surface area (Å²) in [4.78, 5) is 24.6. The number of hydrogen-bond acceptors (Lipinski definition) is 5. The van der Waals surface area contributed by atoms with E-state index >= 15 is 0 Å². The molecule has 3 rings (SSSR count). The molecule has 0 radical (unpaired) electrons. The fourth-order valence-electron chi connectivity index (χ4n) is 2.46. The number of hydrogen-bond donors (Lipinski definition) is 2. The summed E-state index contributed by atoms with van der Waals surface area (Å²) in [6, 6.07) is 10.1. The summed E-state index contributed by atoms with van der Waals surface area (Å²) >= 11 is 22.6. The summed E-state index contributed by atoms with van der Waals surface area (Å²) in [5.41, 5.74) is 1.01. The van der Waals surface area contributed by atoms with E-state index in [1.54, 1.807) is 48.0 Å². The number of nitrogens with one attached hydrogen (secondary N) is 2. The van der Waals surface area contributed by atoms with Crippen LogP contribution in [0.5, 0.6) is 0 Å². The molecule has 12 heteroatoms. The molecule has 0 saturated carbocycles. The van der Waals surface area contributed by atoms with Crippen LogP contribution in [0.1, 0.15) is 5.82 Å². The molecule has 1 aromatic heterocycles. The minimum atomic E-state index is -0.318. The van der Waals surface area contributed by atoms with E-state index < -0.39 is 0 Å². The van der Waals surface area contributed by atoms with E-state index in [9.17, 15) is 9.59 Å². The number of nitrogens with zero attached hydrogens (tertiary/aromatic N) is 3. The van der Waals surface area contributed by atoms with Crippen molar-refractivity contribution in [3.05, 3.63) is 61.8 Å². The highest BCUT2D eigenvalue weighted by molar-refractivity contribution is 9.10. The van der Waals surface area contributed by atoms with Gasteiger partial charge in [0, 0.05) is 17.2 Å². The number of benzene rings is 2. The van der Waals surface area contributed by atoms with Crippen LogP contribution in [0.2, 0.25) is 15.1 Å². The van der Waals surface area contributed by atoms with Crippen LogP contribution in [0, 0.1) is 0 Å². The maximum atomic E-state index is 12.3. The van der Waals surface area contributed by atoms with Crippen LogP contribution >= 0.6 is 62.5 Å². The topological polar surface area (TPSA) is 88.9 Å². The second-order valence-corrected chi connectivity index (χ2v) is 9.24. The van der Waals surface area contributed by atoms with E-state index in [0.29, 0.717) is 32.4 Å². The van der Waals surface area contributed by atoms with Gasteiger partial charge in [0.2, 0.25) is 11.8 Å². The third-order valence-corrected chi connectivity index (χ3v) is 7.08. The lowest BCUT2D eigenvalue weighted by atomic mass is 10.3. The SMILES string of the molecule is Cn1c(CC(=O)Nc2cccc(Cl)c2Cl)nnc1SCC(=O)Nc1ccc(Br)c(Cl)c1. The summed E-state index contributed by atoms with van der Waals surface area (Å²) in [6.45, 7) is 0. The van der Waals surface area contributed by atoms with Gasteiger partial charge in [0.15, 0.2) is 5.16 Å². The van der Waals surface area contributed by atoms with Gasteiger partial charge in [-0.3, -0.25) is 9.59 Å². The first-order valence-electron chi connectivity index (χ1n) is 8.74. The third-order valence-electron chi connectivity index (χ3n) is 4.01. The molecule has 0 spiro atoms. The molecule has 0 aliphatic rings. The number of amides is 2. The number of rotatable bonds is 7. The molecule has 1 heterocycles. The lowest BCUT2D eigenvalue weighted by Crippen LogP contribution is -2.17. The number of anilines is 2. The van der Waals surface area contributed by atoms with Crippen molar-refractivity contribution in [1.29, 1.82) is 0 Å². The Labute approximate surface area is 206 Å².